The Hall–Kier alpha value is -3.86. The second-order valence-electron chi connectivity index (χ2n) is 5.79. The Morgan fingerprint density at radius 3 is 2.48 bits per heavy atom. The maximum atomic E-state index is 12.7. The molecule has 0 aliphatic carbocycles. The van der Waals surface area contributed by atoms with E-state index in [4.69, 9.17) is 4.74 Å². The number of ether oxygens (including phenoxy) is 1. The van der Waals surface area contributed by atoms with E-state index in [9.17, 15) is 22.8 Å². The lowest BCUT2D eigenvalue weighted by atomic mass is 10.3. The number of carbonyl (C=O) groups excluding carboxylic acids is 1. The second-order valence-corrected chi connectivity index (χ2v) is 7.47. The van der Waals surface area contributed by atoms with Gasteiger partial charge in [0.05, 0.1) is 17.7 Å². The molecule has 0 spiro atoms. The smallest absolute Gasteiger partial charge is 0.326 e. The van der Waals surface area contributed by atoms with Crippen LogP contribution in [-0.2, 0) is 10.0 Å². The molecule has 0 fully saturated rings. The van der Waals surface area contributed by atoms with Crippen molar-refractivity contribution in [2.75, 3.05) is 17.1 Å². The van der Waals surface area contributed by atoms with Crippen LogP contribution in [0.1, 0.15) is 10.5 Å². The topological polar surface area (TPSA) is 150 Å². The molecule has 150 valence electrons. The monoisotopic (exact) mass is 416 g/mol. The Labute approximate surface area is 164 Å². The first-order valence-electron chi connectivity index (χ1n) is 8.19. The summed E-state index contributed by atoms with van der Waals surface area (Å²) in [4.78, 5) is 38.9. The molecule has 3 rings (SSSR count). The molecule has 0 atom stereocenters. The standard InChI is InChI=1S/C18H16N4O6S/c1-28-15-8-3-2-7-13(15)22-29(26,27)12-6-4-5-11(9-12)19-17(24)14-10-16(23)21-18(25)20-14/h2-10,22H,1H3,(H,19,24)(H2,20,21,23,25). The maximum absolute atomic E-state index is 12.7. The summed E-state index contributed by atoms with van der Waals surface area (Å²) in [7, 11) is -2.56. The number of rotatable bonds is 6. The second kappa shape index (κ2) is 8.02. The minimum atomic E-state index is -3.98. The van der Waals surface area contributed by atoms with Crippen LogP contribution in [0.4, 0.5) is 11.4 Å². The number of aromatic nitrogens is 2. The molecule has 0 saturated heterocycles. The normalized spacial score (nSPS) is 10.9. The highest BCUT2D eigenvalue weighted by atomic mass is 32.2. The third kappa shape index (κ3) is 4.71. The number of aromatic amines is 2. The molecule has 1 aromatic heterocycles. The van der Waals surface area contributed by atoms with Crippen molar-refractivity contribution in [1.82, 2.24) is 9.97 Å². The average molecular weight is 416 g/mol. The van der Waals surface area contributed by atoms with Gasteiger partial charge >= 0.3 is 5.69 Å². The zero-order valence-corrected chi connectivity index (χ0v) is 15.9. The van der Waals surface area contributed by atoms with Crippen LogP contribution in [0.25, 0.3) is 0 Å². The van der Waals surface area contributed by atoms with E-state index < -0.39 is 27.2 Å². The van der Waals surface area contributed by atoms with Crippen LogP contribution < -0.4 is 26.0 Å². The largest absolute Gasteiger partial charge is 0.495 e. The molecule has 10 nitrogen and oxygen atoms in total. The summed E-state index contributed by atoms with van der Waals surface area (Å²) in [6.07, 6.45) is 0. The first-order valence-corrected chi connectivity index (χ1v) is 9.68. The number of benzene rings is 2. The molecule has 0 saturated carbocycles. The van der Waals surface area contributed by atoms with Gasteiger partial charge in [-0.3, -0.25) is 19.3 Å². The Bertz CT molecular complexity index is 1250. The van der Waals surface area contributed by atoms with E-state index in [1.165, 1.54) is 31.4 Å². The van der Waals surface area contributed by atoms with E-state index in [1.807, 2.05) is 4.98 Å². The van der Waals surface area contributed by atoms with Crippen LogP contribution >= 0.6 is 0 Å². The van der Waals surface area contributed by atoms with Gasteiger partial charge in [0.2, 0.25) is 0 Å². The number of methoxy groups -OCH3 is 1. The van der Waals surface area contributed by atoms with Crippen molar-refractivity contribution in [3.05, 3.63) is 81.1 Å². The lowest BCUT2D eigenvalue weighted by molar-refractivity contribution is 0.102. The number of nitrogens with one attached hydrogen (secondary N) is 4. The zero-order chi connectivity index (χ0) is 21.0. The van der Waals surface area contributed by atoms with Gasteiger partial charge in [-0.1, -0.05) is 18.2 Å². The van der Waals surface area contributed by atoms with Gasteiger partial charge in [0.25, 0.3) is 21.5 Å². The Morgan fingerprint density at radius 1 is 1.00 bits per heavy atom. The summed E-state index contributed by atoms with van der Waals surface area (Å²) in [5, 5.41) is 2.43. The predicted molar refractivity (Wildman–Crippen MR) is 106 cm³/mol. The number of carbonyl (C=O) groups is 1. The van der Waals surface area contributed by atoms with Gasteiger partial charge in [-0.15, -0.1) is 0 Å². The fraction of sp³-hybridized carbons (Fsp3) is 0.0556. The van der Waals surface area contributed by atoms with Crippen molar-refractivity contribution in [2.24, 2.45) is 0 Å². The number of sulfonamides is 1. The summed E-state index contributed by atoms with van der Waals surface area (Å²) >= 11 is 0. The van der Waals surface area contributed by atoms with E-state index in [-0.39, 0.29) is 22.0 Å². The van der Waals surface area contributed by atoms with Crippen molar-refractivity contribution in [2.45, 2.75) is 4.90 Å². The molecule has 1 heterocycles. The highest BCUT2D eigenvalue weighted by molar-refractivity contribution is 7.92. The third-order valence-corrected chi connectivity index (χ3v) is 5.12. The molecule has 0 aliphatic rings. The highest BCUT2D eigenvalue weighted by Crippen LogP contribution is 2.26. The number of hydrogen-bond donors (Lipinski definition) is 4. The number of hydrogen-bond acceptors (Lipinski definition) is 6. The van der Waals surface area contributed by atoms with Crippen LogP contribution in [0.3, 0.4) is 0 Å². The van der Waals surface area contributed by atoms with Crippen LogP contribution in [-0.4, -0.2) is 31.4 Å². The van der Waals surface area contributed by atoms with Crippen molar-refractivity contribution in [1.29, 1.82) is 0 Å². The Kier molecular flexibility index (Phi) is 5.50. The van der Waals surface area contributed by atoms with Crippen LogP contribution in [0.5, 0.6) is 5.75 Å². The highest BCUT2D eigenvalue weighted by Gasteiger charge is 2.17. The molecular weight excluding hydrogens is 400 g/mol. The van der Waals surface area contributed by atoms with Gasteiger partial charge in [0, 0.05) is 11.8 Å². The average Bonchev–Trinajstić information content (AvgIpc) is 2.67. The summed E-state index contributed by atoms with van der Waals surface area (Å²) in [6.45, 7) is 0. The molecule has 0 unspecified atom stereocenters. The SMILES string of the molecule is COc1ccccc1NS(=O)(=O)c1cccc(NC(=O)c2cc(=O)[nH]c(=O)[nH]2)c1. The first kappa shape index (κ1) is 19.9. The van der Waals surface area contributed by atoms with E-state index in [0.717, 1.165) is 6.07 Å². The first-order chi connectivity index (χ1) is 13.8. The van der Waals surface area contributed by atoms with Crippen molar-refractivity contribution < 1.29 is 17.9 Å². The molecule has 3 aromatic rings. The zero-order valence-electron chi connectivity index (χ0n) is 15.1. The molecule has 1 amide bonds. The third-order valence-electron chi connectivity index (χ3n) is 3.76. The van der Waals surface area contributed by atoms with Gasteiger partial charge in [-0.2, -0.15) is 0 Å². The lowest BCUT2D eigenvalue weighted by Gasteiger charge is -2.12. The molecule has 2 aromatic carbocycles. The molecular formula is C18H16N4O6S. The number of para-hydroxylation sites is 2. The quantitative estimate of drug-likeness (QED) is 0.473. The van der Waals surface area contributed by atoms with Crippen LogP contribution in [0, 0.1) is 0 Å². The van der Waals surface area contributed by atoms with Crippen molar-refractivity contribution in [3.63, 3.8) is 0 Å². The minimum Gasteiger partial charge on any atom is -0.495 e. The molecule has 0 bridgehead atoms. The van der Waals surface area contributed by atoms with Crippen molar-refractivity contribution in [3.8, 4) is 5.75 Å². The lowest BCUT2D eigenvalue weighted by Crippen LogP contribution is -2.27. The van der Waals surface area contributed by atoms with E-state index in [1.54, 1.807) is 24.3 Å². The maximum Gasteiger partial charge on any atom is 0.326 e. The minimum absolute atomic E-state index is 0.111. The fourth-order valence-electron chi connectivity index (χ4n) is 2.46. The Balaban J connectivity index is 1.85. The molecule has 29 heavy (non-hydrogen) atoms. The van der Waals surface area contributed by atoms with E-state index in [2.05, 4.69) is 15.0 Å². The van der Waals surface area contributed by atoms with Gasteiger partial charge in [0.1, 0.15) is 11.4 Å². The molecule has 0 aliphatic heterocycles. The van der Waals surface area contributed by atoms with E-state index >= 15 is 0 Å². The predicted octanol–water partition coefficient (Wildman–Crippen LogP) is 1.12. The molecule has 0 radical (unpaired) electrons. The number of amides is 1. The number of anilines is 2. The summed E-state index contributed by atoms with van der Waals surface area (Å²) in [5.74, 6) is -0.431. The van der Waals surface area contributed by atoms with Crippen LogP contribution in [0.2, 0.25) is 0 Å². The summed E-state index contributed by atoms with van der Waals surface area (Å²) in [6, 6.07) is 12.9. The Morgan fingerprint density at radius 2 is 1.76 bits per heavy atom. The molecule has 11 heteroatoms. The van der Waals surface area contributed by atoms with Crippen molar-refractivity contribution >= 4 is 27.3 Å². The van der Waals surface area contributed by atoms with Gasteiger partial charge in [0.15, 0.2) is 0 Å². The fourth-order valence-corrected chi connectivity index (χ4v) is 3.58. The summed E-state index contributed by atoms with van der Waals surface area (Å²) < 4.78 is 32.9. The molecule has 4 N–H and O–H groups in total. The summed E-state index contributed by atoms with van der Waals surface area (Å²) in [5.41, 5.74) is -1.43. The van der Waals surface area contributed by atoms with Gasteiger partial charge in [-0.05, 0) is 30.3 Å². The van der Waals surface area contributed by atoms with Crippen LogP contribution in [0.15, 0.2) is 69.1 Å². The van der Waals surface area contributed by atoms with Gasteiger partial charge in [-0.25, -0.2) is 13.2 Å². The van der Waals surface area contributed by atoms with E-state index in [0.29, 0.717) is 5.75 Å². The van der Waals surface area contributed by atoms with Gasteiger partial charge < -0.3 is 15.0 Å². The number of H-pyrrole nitrogens is 2.